The van der Waals surface area contributed by atoms with Gasteiger partial charge in [-0.2, -0.15) is 12.8 Å². The molecular formula is C17H17ClNO4S2-. The molecule has 0 saturated heterocycles. The Morgan fingerprint density at radius 1 is 1.28 bits per heavy atom. The summed E-state index contributed by atoms with van der Waals surface area (Å²) < 4.78 is 34.3. The summed E-state index contributed by atoms with van der Waals surface area (Å²) >= 11 is 7.08. The van der Waals surface area contributed by atoms with E-state index >= 15 is 0 Å². The summed E-state index contributed by atoms with van der Waals surface area (Å²) in [5, 5.41) is 13.0. The molecule has 0 bridgehead atoms. The summed E-state index contributed by atoms with van der Waals surface area (Å²) in [6.07, 6.45) is 3.58. The number of hydrogen-bond acceptors (Lipinski definition) is 5. The van der Waals surface area contributed by atoms with Gasteiger partial charge in [0, 0.05) is 10.6 Å². The lowest BCUT2D eigenvalue weighted by Crippen LogP contribution is -2.16. The lowest BCUT2D eigenvalue weighted by Gasteiger charge is -2.19. The summed E-state index contributed by atoms with van der Waals surface area (Å²) in [5.41, 5.74) is 1.19. The Morgan fingerprint density at radius 2 is 1.96 bits per heavy atom. The fourth-order valence-corrected chi connectivity index (χ4v) is 5.38. The topological polar surface area (TPSA) is 78.8 Å². The summed E-state index contributed by atoms with van der Waals surface area (Å²) in [4.78, 5) is 1.07. The van der Waals surface area contributed by atoms with Crippen LogP contribution in [0.4, 0.5) is 0 Å². The second-order valence-electron chi connectivity index (χ2n) is 5.63. The van der Waals surface area contributed by atoms with Gasteiger partial charge in [0.2, 0.25) is 0 Å². The molecule has 0 aromatic heterocycles. The van der Waals surface area contributed by atoms with Gasteiger partial charge in [-0.1, -0.05) is 30.3 Å². The number of benzene rings is 1. The van der Waals surface area contributed by atoms with Crippen molar-refractivity contribution in [2.24, 2.45) is 4.40 Å². The average Bonchev–Trinajstić information content (AvgIpc) is 2.92. The van der Waals surface area contributed by atoms with Crippen molar-refractivity contribution >= 4 is 38.4 Å². The molecule has 134 valence electrons. The molecule has 1 heterocycles. The van der Waals surface area contributed by atoms with Crippen LogP contribution in [0.3, 0.4) is 0 Å². The molecular weight excluding hydrogens is 382 g/mol. The largest absolute Gasteiger partial charge is 0.613 e. The van der Waals surface area contributed by atoms with Crippen LogP contribution >= 0.6 is 23.4 Å². The Labute approximate surface area is 156 Å². The summed E-state index contributed by atoms with van der Waals surface area (Å²) in [7, 11) is -3.93. The molecule has 1 aromatic carbocycles. The summed E-state index contributed by atoms with van der Waals surface area (Å²) in [6, 6.07) is 5.79. The second-order valence-corrected chi connectivity index (χ2v) is 8.76. The van der Waals surface area contributed by atoms with Gasteiger partial charge in [-0.05, 0) is 67.0 Å². The molecule has 0 atom stereocenters. The van der Waals surface area contributed by atoms with Crippen molar-refractivity contribution in [1.82, 2.24) is 0 Å². The van der Waals surface area contributed by atoms with Gasteiger partial charge in [0.05, 0.1) is 10.8 Å². The maximum Gasteiger partial charge on any atom is 0.283 e. The van der Waals surface area contributed by atoms with Crippen LogP contribution in [0.25, 0.3) is 0 Å². The minimum absolute atomic E-state index is 0.0399. The minimum atomic E-state index is -3.93. The van der Waals surface area contributed by atoms with E-state index in [2.05, 4.69) is 4.40 Å². The van der Waals surface area contributed by atoms with Crippen LogP contribution in [0.15, 0.2) is 55.6 Å². The summed E-state index contributed by atoms with van der Waals surface area (Å²) in [6.45, 7) is 1.95. The van der Waals surface area contributed by atoms with Crippen LogP contribution in [0.2, 0.25) is 5.02 Å². The number of hydrogen-bond donors (Lipinski definition) is 0. The van der Waals surface area contributed by atoms with Crippen LogP contribution in [-0.4, -0.2) is 20.1 Å². The molecule has 2 aliphatic rings. The number of halogens is 1. The molecule has 0 amide bonds. The van der Waals surface area contributed by atoms with E-state index in [1.54, 1.807) is 6.92 Å². The molecule has 0 spiro atoms. The van der Waals surface area contributed by atoms with Gasteiger partial charge < -0.3 is 9.84 Å². The minimum Gasteiger partial charge on any atom is -0.613 e. The number of rotatable bonds is 4. The maximum atomic E-state index is 12.6. The normalized spacial score (nSPS) is 21.4. The SMILES string of the molecule is CCOC([O-])=C1C(=NS(=O)(=O)c2ccc(Cl)cc2)SC2=C1CCCC2. The number of allylic oxidation sites excluding steroid dienone is 2. The quantitative estimate of drug-likeness (QED) is 0.724. The van der Waals surface area contributed by atoms with Crippen LogP contribution in [0, 0.1) is 0 Å². The van der Waals surface area contributed by atoms with Crippen LogP contribution in [0.1, 0.15) is 32.6 Å². The van der Waals surface area contributed by atoms with Crippen molar-refractivity contribution in [3.63, 3.8) is 0 Å². The smallest absolute Gasteiger partial charge is 0.283 e. The monoisotopic (exact) mass is 398 g/mol. The van der Waals surface area contributed by atoms with Gasteiger partial charge in [0.15, 0.2) is 0 Å². The van der Waals surface area contributed by atoms with E-state index in [9.17, 15) is 13.5 Å². The van der Waals surface area contributed by atoms with Crippen molar-refractivity contribution in [1.29, 1.82) is 0 Å². The van der Waals surface area contributed by atoms with Crippen molar-refractivity contribution < 1.29 is 18.3 Å². The molecule has 3 rings (SSSR count). The first kappa shape index (κ1) is 18.4. The number of sulfonamides is 1. The van der Waals surface area contributed by atoms with E-state index < -0.39 is 16.0 Å². The molecule has 1 aromatic rings. The molecule has 0 saturated carbocycles. The van der Waals surface area contributed by atoms with Crippen LogP contribution in [-0.2, 0) is 14.8 Å². The van der Waals surface area contributed by atoms with E-state index in [1.807, 2.05) is 0 Å². The van der Waals surface area contributed by atoms with E-state index in [-0.39, 0.29) is 16.5 Å². The zero-order valence-electron chi connectivity index (χ0n) is 13.6. The van der Waals surface area contributed by atoms with Gasteiger partial charge in [-0.25, -0.2) is 0 Å². The first-order chi connectivity index (χ1) is 11.9. The van der Waals surface area contributed by atoms with Crippen molar-refractivity contribution in [3.05, 3.63) is 51.3 Å². The van der Waals surface area contributed by atoms with E-state index in [1.165, 1.54) is 36.0 Å². The fraction of sp³-hybridized carbons (Fsp3) is 0.353. The van der Waals surface area contributed by atoms with Gasteiger partial charge in [0.25, 0.3) is 10.0 Å². The Balaban J connectivity index is 2.04. The zero-order chi connectivity index (χ0) is 18.0. The Bertz CT molecular complexity index is 870. The number of nitrogens with zero attached hydrogens (tertiary/aromatic N) is 1. The fourth-order valence-electron chi connectivity index (χ4n) is 2.80. The predicted molar refractivity (Wildman–Crippen MR) is 97.8 cm³/mol. The van der Waals surface area contributed by atoms with Crippen LogP contribution in [0.5, 0.6) is 0 Å². The van der Waals surface area contributed by atoms with Crippen molar-refractivity contribution in [2.45, 2.75) is 37.5 Å². The third kappa shape index (κ3) is 3.88. The van der Waals surface area contributed by atoms with Gasteiger partial charge in [-0.15, -0.1) is 0 Å². The Kier molecular flexibility index (Phi) is 5.46. The highest BCUT2D eigenvalue weighted by atomic mass is 35.5. The van der Waals surface area contributed by atoms with E-state index in [0.29, 0.717) is 10.6 Å². The third-order valence-electron chi connectivity index (χ3n) is 3.95. The molecule has 25 heavy (non-hydrogen) atoms. The van der Waals surface area contributed by atoms with Gasteiger partial charge in [-0.3, -0.25) is 0 Å². The van der Waals surface area contributed by atoms with Gasteiger partial charge >= 0.3 is 0 Å². The first-order valence-corrected chi connectivity index (χ1v) is 10.6. The van der Waals surface area contributed by atoms with E-state index in [0.717, 1.165) is 36.2 Å². The number of thioether (sulfide) groups is 1. The Hall–Kier alpha value is -1.44. The molecule has 0 radical (unpaired) electrons. The molecule has 1 aliphatic heterocycles. The molecule has 0 N–H and O–H groups in total. The molecule has 8 heteroatoms. The zero-order valence-corrected chi connectivity index (χ0v) is 16.0. The van der Waals surface area contributed by atoms with Crippen molar-refractivity contribution in [2.75, 3.05) is 6.61 Å². The third-order valence-corrected chi connectivity index (χ3v) is 6.79. The lowest BCUT2D eigenvalue weighted by molar-refractivity contribution is -0.357. The highest BCUT2D eigenvalue weighted by molar-refractivity contribution is 8.18. The predicted octanol–water partition coefficient (Wildman–Crippen LogP) is 3.61. The maximum absolute atomic E-state index is 12.6. The lowest BCUT2D eigenvalue weighted by atomic mass is 9.94. The molecule has 0 unspecified atom stereocenters. The molecule has 1 aliphatic carbocycles. The van der Waals surface area contributed by atoms with Crippen molar-refractivity contribution in [3.8, 4) is 0 Å². The highest BCUT2D eigenvalue weighted by Gasteiger charge is 2.31. The first-order valence-electron chi connectivity index (χ1n) is 7.97. The molecule has 0 fully saturated rings. The highest BCUT2D eigenvalue weighted by Crippen LogP contribution is 2.46. The van der Waals surface area contributed by atoms with Gasteiger partial charge in [0.1, 0.15) is 5.04 Å². The number of ether oxygens (including phenoxy) is 1. The van der Waals surface area contributed by atoms with Crippen LogP contribution < -0.4 is 5.11 Å². The average molecular weight is 399 g/mol. The Morgan fingerprint density at radius 3 is 2.64 bits per heavy atom. The standard InChI is InChI=1S/C17H18ClNO4S2/c1-2-23-17(20)15-13-5-3-4-6-14(13)24-16(15)19-25(21,22)12-9-7-11(18)8-10-12/h7-10,20H,2-6H2,1H3/p-1. The summed E-state index contributed by atoms with van der Waals surface area (Å²) in [5.74, 6) is -0.507. The second kappa shape index (κ2) is 7.43. The molecule has 5 nitrogen and oxygen atoms in total. The van der Waals surface area contributed by atoms with E-state index in [4.69, 9.17) is 16.3 Å².